The van der Waals surface area contributed by atoms with Gasteiger partial charge in [-0.05, 0) is 72.9 Å². The Kier molecular flexibility index (Phi) is 9.25. The number of anilines is 1. The maximum atomic E-state index is 13.7. The topological polar surface area (TPSA) is 111 Å². The van der Waals surface area contributed by atoms with Crippen molar-refractivity contribution in [3.05, 3.63) is 27.2 Å². The molecule has 2 N–H and O–H groups in total. The third kappa shape index (κ3) is 6.60. The minimum atomic E-state index is -2.87. The largest absolute Gasteiger partial charge is 0.464 e. The van der Waals surface area contributed by atoms with Gasteiger partial charge in [-0.2, -0.15) is 0 Å². The molecular weight excluding hydrogens is 540 g/mol. The molecule has 8 nitrogen and oxygen atoms in total. The van der Waals surface area contributed by atoms with E-state index in [0.29, 0.717) is 16.5 Å². The highest BCUT2D eigenvalue weighted by atomic mass is 79.9. The Morgan fingerprint density at radius 1 is 1.33 bits per heavy atom. The zero-order chi connectivity index (χ0) is 27.6. The van der Waals surface area contributed by atoms with E-state index in [1.807, 2.05) is 0 Å². The highest BCUT2D eigenvalue weighted by Crippen LogP contribution is 2.37. The highest BCUT2D eigenvalue weighted by Gasteiger charge is 2.50. The van der Waals surface area contributed by atoms with Gasteiger partial charge < -0.3 is 15.2 Å². The summed E-state index contributed by atoms with van der Waals surface area (Å²) in [4.78, 5) is 44.8. The molecule has 1 amide bonds. The minimum absolute atomic E-state index is 0.0219. The second-order valence-corrected chi connectivity index (χ2v) is 11.1. The fraction of sp³-hybridized carbons (Fsp3) is 0.600. The lowest BCUT2D eigenvalue weighted by atomic mass is 10.0. The van der Waals surface area contributed by atoms with Crippen LogP contribution >= 0.6 is 15.9 Å². The van der Waals surface area contributed by atoms with Crippen LogP contribution in [0.1, 0.15) is 77.5 Å². The molecule has 0 aliphatic carbocycles. The predicted octanol–water partition coefficient (Wildman–Crippen LogP) is 5.38. The summed E-state index contributed by atoms with van der Waals surface area (Å²) in [5.41, 5.74) is 4.60. The van der Waals surface area contributed by atoms with Gasteiger partial charge in [0.05, 0.1) is 12.6 Å². The number of Topliss-reactive ketones (excluding diaryl/α,β-unsaturated/α-hetero) is 1. The van der Waals surface area contributed by atoms with Crippen LogP contribution in [-0.2, 0) is 19.1 Å². The summed E-state index contributed by atoms with van der Waals surface area (Å²) in [6, 6.07) is -1.47. The second-order valence-electron chi connectivity index (χ2n) is 10.3. The van der Waals surface area contributed by atoms with Crippen molar-refractivity contribution >= 4 is 45.7 Å². The van der Waals surface area contributed by atoms with Crippen molar-refractivity contribution in [2.75, 3.05) is 12.3 Å². The molecule has 0 radical (unpaired) electrons. The molecule has 200 valence electrons. The normalized spacial score (nSPS) is 18.5. The molecule has 2 unspecified atom stereocenters. The summed E-state index contributed by atoms with van der Waals surface area (Å²) in [6.07, 6.45) is -1.80. The van der Waals surface area contributed by atoms with Gasteiger partial charge in [0.1, 0.15) is 5.60 Å². The van der Waals surface area contributed by atoms with Crippen LogP contribution in [0.25, 0.3) is 0 Å². The van der Waals surface area contributed by atoms with Crippen LogP contribution in [0.5, 0.6) is 0 Å². The van der Waals surface area contributed by atoms with E-state index >= 15 is 0 Å². The first kappa shape index (κ1) is 29.7. The summed E-state index contributed by atoms with van der Waals surface area (Å²) in [5, 5.41) is 0. The van der Waals surface area contributed by atoms with E-state index in [4.69, 9.17) is 15.2 Å². The van der Waals surface area contributed by atoms with Gasteiger partial charge in [-0.25, -0.2) is 18.4 Å². The van der Waals surface area contributed by atoms with Gasteiger partial charge >= 0.3 is 12.1 Å². The maximum absolute atomic E-state index is 13.7. The molecule has 11 heteroatoms. The lowest BCUT2D eigenvalue weighted by molar-refractivity contribution is -0.148. The molecule has 1 aliphatic rings. The Morgan fingerprint density at radius 3 is 2.47 bits per heavy atom. The van der Waals surface area contributed by atoms with Gasteiger partial charge in [0, 0.05) is 33.0 Å². The number of likely N-dealkylation sites (tertiary alicyclic amines) is 1. The van der Waals surface area contributed by atoms with Crippen molar-refractivity contribution in [1.29, 1.82) is 0 Å². The van der Waals surface area contributed by atoms with Gasteiger partial charge in [-0.15, -0.1) is 0 Å². The number of carbonyl (C=O) groups excluding carboxylic acids is 3. The Balaban J connectivity index is 2.52. The number of nitrogens with two attached hydrogens (primary N) is 1. The molecule has 1 heterocycles. The van der Waals surface area contributed by atoms with Crippen LogP contribution in [0.4, 0.5) is 19.3 Å². The van der Waals surface area contributed by atoms with Gasteiger partial charge in [0.25, 0.3) is 6.43 Å². The molecule has 0 spiro atoms. The number of rotatable bonds is 7. The second kappa shape index (κ2) is 11.2. The number of ketones is 1. The first-order chi connectivity index (χ1) is 16.5. The molecular formula is C25H34BrF2N3O5. The molecule has 1 fully saturated rings. The summed E-state index contributed by atoms with van der Waals surface area (Å²) < 4.78 is 38.4. The number of ether oxygens (including phenoxy) is 2. The number of alkyl halides is 2. The van der Waals surface area contributed by atoms with E-state index in [0.717, 1.165) is 6.21 Å². The number of hydrogen-bond donors (Lipinski definition) is 1. The van der Waals surface area contributed by atoms with Crippen LogP contribution in [0.2, 0.25) is 0 Å². The standard InChI is InChI=1S/C25H34BrF2N3O5/c1-8-35-22(33)19(30-12-15-14(21(27)28)11-16(26)13(2)18(15)29)20(32)17-9-10-25(6,7)31(17)23(34)36-24(3,4)5/h11-12,17,19,21H,8-10,29H2,1-7H3. The van der Waals surface area contributed by atoms with Crippen LogP contribution in [0.3, 0.4) is 0 Å². The number of nitrogens with zero attached hydrogens (tertiary/aromatic N) is 2. The van der Waals surface area contributed by atoms with Crippen molar-refractivity contribution < 1.29 is 32.6 Å². The summed E-state index contributed by atoms with van der Waals surface area (Å²) >= 11 is 3.21. The number of nitrogen functional groups attached to an aromatic ring is 1. The fourth-order valence-electron chi connectivity index (χ4n) is 4.05. The number of benzene rings is 1. The first-order valence-corrected chi connectivity index (χ1v) is 12.4. The van der Waals surface area contributed by atoms with E-state index in [1.54, 1.807) is 48.5 Å². The number of aliphatic imine (C=N–C) groups is 1. The van der Waals surface area contributed by atoms with Gasteiger partial charge in [-0.1, -0.05) is 15.9 Å². The van der Waals surface area contributed by atoms with Crippen LogP contribution in [0.15, 0.2) is 15.5 Å². The first-order valence-electron chi connectivity index (χ1n) is 11.6. The number of amides is 1. The van der Waals surface area contributed by atoms with E-state index in [1.165, 1.54) is 11.0 Å². The van der Waals surface area contributed by atoms with E-state index in [9.17, 15) is 23.2 Å². The highest BCUT2D eigenvalue weighted by molar-refractivity contribution is 9.10. The predicted molar refractivity (Wildman–Crippen MR) is 136 cm³/mol. The summed E-state index contributed by atoms with van der Waals surface area (Å²) in [7, 11) is 0. The lowest BCUT2D eigenvalue weighted by Gasteiger charge is -2.36. The zero-order valence-electron chi connectivity index (χ0n) is 21.7. The molecule has 0 aromatic heterocycles. The van der Waals surface area contributed by atoms with Crippen LogP contribution in [0, 0.1) is 6.92 Å². The molecule has 1 aromatic rings. The third-order valence-electron chi connectivity index (χ3n) is 5.92. The van der Waals surface area contributed by atoms with Crippen LogP contribution < -0.4 is 5.73 Å². The Morgan fingerprint density at radius 2 is 1.94 bits per heavy atom. The van der Waals surface area contributed by atoms with Crippen molar-refractivity contribution in [3.8, 4) is 0 Å². The smallest absolute Gasteiger partial charge is 0.411 e. The van der Waals surface area contributed by atoms with Crippen molar-refractivity contribution in [2.45, 2.75) is 91.0 Å². The average Bonchev–Trinajstić information content (AvgIpc) is 3.07. The molecule has 1 aliphatic heterocycles. The van der Waals surface area contributed by atoms with Crippen molar-refractivity contribution in [3.63, 3.8) is 0 Å². The molecule has 0 bridgehead atoms. The minimum Gasteiger partial charge on any atom is -0.464 e. The monoisotopic (exact) mass is 573 g/mol. The Bertz CT molecular complexity index is 1050. The number of carbonyl (C=O) groups is 3. The van der Waals surface area contributed by atoms with E-state index < -0.39 is 53.1 Å². The Hall–Kier alpha value is -2.56. The van der Waals surface area contributed by atoms with Crippen molar-refractivity contribution in [1.82, 2.24) is 4.90 Å². The number of esters is 1. The molecule has 2 atom stereocenters. The van der Waals surface area contributed by atoms with E-state index in [2.05, 4.69) is 20.9 Å². The maximum Gasteiger partial charge on any atom is 0.411 e. The molecule has 0 saturated carbocycles. The lowest BCUT2D eigenvalue weighted by Crippen LogP contribution is -2.54. The molecule has 1 aromatic carbocycles. The van der Waals surface area contributed by atoms with E-state index in [-0.39, 0.29) is 24.3 Å². The van der Waals surface area contributed by atoms with Gasteiger partial charge in [0.2, 0.25) is 6.04 Å². The Labute approximate surface area is 218 Å². The zero-order valence-corrected chi connectivity index (χ0v) is 23.2. The van der Waals surface area contributed by atoms with Crippen LogP contribution in [-0.4, -0.2) is 58.8 Å². The molecule has 2 rings (SSSR count). The average molecular weight is 574 g/mol. The summed E-state index contributed by atoms with van der Waals surface area (Å²) in [5.74, 6) is -1.63. The molecule has 36 heavy (non-hydrogen) atoms. The molecule has 1 saturated heterocycles. The SMILES string of the molecule is CCOC(=O)C(N=Cc1c(C(F)F)cc(Br)c(C)c1N)C(=O)C1CCC(C)(C)N1C(=O)OC(C)(C)C. The van der Waals surface area contributed by atoms with Gasteiger partial charge in [-0.3, -0.25) is 14.7 Å². The fourth-order valence-corrected chi connectivity index (χ4v) is 4.51. The number of halogens is 3. The quantitative estimate of drug-likeness (QED) is 0.203. The summed E-state index contributed by atoms with van der Waals surface area (Å²) in [6.45, 7) is 11.9. The third-order valence-corrected chi connectivity index (χ3v) is 6.75. The van der Waals surface area contributed by atoms with Gasteiger partial charge in [0.15, 0.2) is 5.78 Å². The van der Waals surface area contributed by atoms with Crippen molar-refractivity contribution in [2.24, 2.45) is 4.99 Å². The number of hydrogen-bond acceptors (Lipinski definition) is 7.